The van der Waals surface area contributed by atoms with E-state index in [2.05, 4.69) is 16.0 Å². The molecule has 1 aromatic carbocycles. The van der Waals surface area contributed by atoms with E-state index in [0.29, 0.717) is 18.0 Å². The lowest BCUT2D eigenvalue weighted by atomic mass is 10.2. The summed E-state index contributed by atoms with van der Waals surface area (Å²) in [5.41, 5.74) is 1.50. The van der Waals surface area contributed by atoms with E-state index >= 15 is 0 Å². The molecule has 0 fully saturated rings. The van der Waals surface area contributed by atoms with E-state index in [0.717, 1.165) is 5.69 Å². The average Bonchev–Trinajstić information content (AvgIpc) is 2.95. The van der Waals surface area contributed by atoms with Crippen LogP contribution in [0.15, 0.2) is 40.8 Å². The molecule has 110 valence electrons. The Hall–Kier alpha value is -2.96. The zero-order chi connectivity index (χ0) is 15.2. The van der Waals surface area contributed by atoms with Gasteiger partial charge in [-0.3, -0.25) is 0 Å². The lowest BCUT2D eigenvalue weighted by Gasteiger charge is -2.07. The second-order valence-corrected chi connectivity index (χ2v) is 4.21. The van der Waals surface area contributed by atoms with E-state index in [9.17, 15) is 9.59 Å². The normalized spacial score (nSPS) is 9.95. The van der Waals surface area contributed by atoms with Crippen molar-refractivity contribution in [2.24, 2.45) is 0 Å². The van der Waals surface area contributed by atoms with Crippen molar-refractivity contribution in [3.05, 3.63) is 47.9 Å². The van der Waals surface area contributed by atoms with Gasteiger partial charge in [-0.15, -0.1) is 0 Å². The van der Waals surface area contributed by atoms with Crippen molar-refractivity contribution in [3.8, 4) is 0 Å². The highest BCUT2D eigenvalue weighted by molar-refractivity contribution is 5.89. The van der Waals surface area contributed by atoms with Gasteiger partial charge in [0.15, 0.2) is 0 Å². The topological polar surface area (TPSA) is 104 Å². The molecule has 7 nitrogen and oxygen atoms in total. The first-order valence-corrected chi connectivity index (χ1v) is 6.23. The van der Waals surface area contributed by atoms with Gasteiger partial charge in [0.25, 0.3) is 0 Å². The van der Waals surface area contributed by atoms with Crippen LogP contribution >= 0.6 is 0 Å². The number of hydrogen-bond donors (Lipinski definition) is 4. The predicted octanol–water partition coefficient (Wildman–Crippen LogP) is 2.34. The van der Waals surface area contributed by atoms with Gasteiger partial charge in [-0.05, 0) is 36.4 Å². The van der Waals surface area contributed by atoms with Crippen LogP contribution in [0.2, 0.25) is 0 Å². The number of benzene rings is 1. The Kier molecular flexibility index (Phi) is 4.45. The summed E-state index contributed by atoms with van der Waals surface area (Å²) in [5, 5.41) is 17.0. The zero-order valence-electron chi connectivity index (χ0n) is 11.3. The Morgan fingerprint density at radius 2 is 1.76 bits per heavy atom. The number of carboxylic acids is 1. The minimum absolute atomic E-state index is 0.0862. The highest BCUT2D eigenvalue weighted by Crippen LogP contribution is 2.15. The second kappa shape index (κ2) is 6.47. The van der Waals surface area contributed by atoms with Gasteiger partial charge in [0.2, 0.25) is 5.76 Å². The van der Waals surface area contributed by atoms with E-state index in [-0.39, 0.29) is 11.8 Å². The molecule has 1 heterocycles. The number of rotatable bonds is 5. The van der Waals surface area contributed by atoms with Crippen molar-refractivity contribution in [3.63, 3.8) is 0 Å². The second-order valence-electron chi connectivity index (χ2n) is 4.21. The molecule has 0 unspecified atom stereocenters. The first-order chi connectivity index (χ1) is 10.1. The van der Waals surface area contributed by atoms with Gasteiger partial charge in [0.05, 0.1) is 6.54 Å². The van der Waals surface area contributed by atoms with Crippen LogP contribution in [0.5, 0.6) is 0 Å². The Bertz CT molecular complexity index is 634. The van der Waals surface area contributed by atoms with Gasteiger partial charge in [0.1, 0.15) is 5.76 Å². The fourth-order valence-corrected chi connectivity index (χ4v) is 1.64. The molecule has 21 heavy (non-hydrogen) atoms. The number of carbonyl (C=O) groups is 2. The van der Waals surface area contributed by atoms with E-state index < -0.39 is 5.97 Å². The van der Waals surface area contributed by atoms with Crippen molar-refractivity contribution in [1.29, 1.82) is 0 Å². The number of aromatic carboxylic acids is 1. The molecule has 7 heteroatoms. The number of furan rings is 1. The van der Waals surface area contributed by atoms with Crippen LogP contribution in [0.3, 0.4) is 0 Å². The number of hydrogen-bond acceptors (Lipinski definition) is 4. The largest absolute Gasteiger partial charge is 0.475 e. The molecule has 0 aliphatic heterocycles. The van der Waals surface area contributed by atoms with Crippen molar-refractivity contribution in [2.45, 2.75) is 6.54 Å². The zero-order valence-corrected chi connectivity index (χ0v) is 11.3. The van der Waals surface area contributed by atoms with Crippen molar-refractivity contribution >= 4 is 23.4 Å². The molecule has 2 amide bonds. The number of nitrogens with one attached hydrogen (secondary N) is 3. The smallest absolute Gasteiger partial charge is 0.371 e. The highest BCUT2D eigenvalue weighted by Gasteiger charge is 2.08. The molecular weight excluding hydrogens is 274 g/mol. The Labute approximate surface area is 121 Å². The molecule has 2 aromatic rings. The molecular formula is C14H15N3O4. The lowest BCUT2D eigenvalue weighted by Crippen LogP contribution is -2.24. The molecule has 0 saturated heterocycles. The fourth-order valence-electron chi connectivity index (χ4n) is 1.64. The third-order valence-electron chi connectivity index (χ3n) is 2.71. The first-order valence-electron chi connectivity index (χ1n) is 6.23. The van der Waals surface area contributed by atoms with Gasteiger partial charge in [0, 0.05) is 18.4 Å². The summed E-state index contributed by atoms with van der Waals surface area (Å²) in [6.07, 6.45) is 0. The standard InChI is InChI=1S/C14H15N3O4/c1-15-14(20)17-10-4-2-9(3-5-10)16-8-11-6-7-12(21-11)13(18)19/h2-7,16H,8H2,1H3,(H,18,19)(H2,15,17,20). The van der Waals surface area contributed by atoms with Crippen molar-refractivity contribution in [1.82, 2.24) is 5.32 Å². The summed E-state index contributed by atoms with van der Waals surface area (Å²) >= 11 is 0. The van der Waals surface area contributed by atoms with E-state index in [4.69, 9.17) is 9.52 Å². The molecule has 0 spiro atoms. The number of amides is 2. The van der Waals surface area contributed by atoms with Crippen LogP contribution in [-0.4, -0.2) is 24.2 Å². The van der Waals surface area contributed by atoms with E-state index in [1.54, 1.807) is 37.4 Å². The van der Waals surface area contributed by atoms with Gasteiger partial charge < -0.3 is 25.5 Å². The van der Waals surface area contributed by atoms with Crippen LogP contribution in [-0.2, 0) is 6.54 Å². The van der Waals surface area contributed by atoms with Crippen LogP contribution in [0.25, 0.3) is 0 Å². The molecule has 4 N–H and O–H groups in total. The molecule has 0 atom stereocenters. The third-order valence-corrected chi connectivity index (χ3v) is 2.71. The van der Waals surface area contributed by atoms with Gasteiger partial charge >= 0.3 is 12.0 Å². The monoisotopic (exact) mass is 289 g/mol. The summed E-state index contributed by atoms with van der Waals surface area (Å²) in [6.45, 7) is 0.371. The highest BCUT2D eigenvalue weighted by atomic mass is 16.4. The predicted molar refractivity (Wildman–Crippen MR) is 77.5 cm³/mol. The maximum Gasteiger partial charge on any atom is 0.371 e. The first kappa shape index (κ1) is 14.4. The minimum Gasteiger partial charge on any atom is -0.475 e. The number of carbonyl (C=O) groups excluding carboxylic acids is 1. The molecule has 0 aliphatic rings. The van der Waals surface area contributed by atoms with Crippen LogP contribution in [0.1, 0.15) is 16.3 Å². The Morgan fingerprint density at radius 3 is 2.33 bits per heavy atom. The van der Waals surface area contributed by atoms with E-state index in [1.807, 2.05) is 0 Å². The number of carboxylic acid groups (broad SMARTS) is 1. The van der Waals surface area contributed by atoms with Crippen LogP contribution in [0, 0.1) is 0 Å². The molecule has 0 saturated carbocycles. The molecule has 1 aromatic heterocycles. The summed E-state index contributed by atoms with van der Waals surface area (Å²) in [4.78, 5) is 21.8. The average molecular weight is 289 g/mol. The number of anilines is 2. The summed E-state index contributed by atoms with van der Waals surface area (Å²) < 4.78 is 5.13. The summed E-state index contributed by atoms with van der Waals surface area (Å²) in [7, 11) is 1.54. The molecule has 0 radical (unpaired) electrons. The maximum absolute atomic E-state index is 11.1. The maximum atomic E-state index is 11.1. The van der Waals surface area contributed by atoms with Crippen molar-refractivity contribution in [2.75, 3.05) is 17.7 Å². The van der Waals surface area contributed by atoms with Crippen LogP contribution in [0.4, 0.5) is 16.2 Å². The fraction of sp³-hybridized carbons (Fsp3) is 0.143. The minimum atomic E-state index is -1.09. The Morgan fingerprint density at radius 1 is 1.10 bits per heavy atom. The quantitative estimate of drug-likeness (QED) is 0.676. The third kappa shape index (κ3) is 4.00. The number of urea groups is 1. The SMILES string of the molecule is CNC(=O)Nc1ccc(NCc2ccc(C(=O)O)o2)cc1. The van der Waals surface area contributed by atoms with Crippen molar-refractivity contribution < 1.29 is 19.1 Å². The molecule has 2 rings (SSSR count). The lowest BCUT2D eigenvalue weighted by molar-refractivity contribution is 0.0660. The van der Waals surface area contributed by atoms with Gasteiger partial charge in [-0.1, -0.05) is 0 Å². The molecule has 0 bridgehead atoms. The molecule has 0 aliphatic carbocycles. The summed E-state index contributed by atoms with van der Waals surface area (Å²) in [6, 6.07) is 9.84. The van der Waals surface area contributed by atoms with Crippen LogP contribution < -0.4 is 16.0 Å². The van der Waals surface area contributed by atoms with Gasteiger partial charge in [-0.2, -0.15) is 0 Å². The van der Waals surface area contributed by atoms with E-state index in [1.165, 1.54) is 6.07 Å². The Balaban J connectivity index is 1.91. The summed E-state index contributed by atoms with van der Waals surface area (Å²) in [5.74, 6) is -0.650. The van der Waals surface area contributed by atoms with Gasteiger partial charge in [-0.25, -0.2) is 9.59 Å².